The van der Waals surface area contributed by atoms with Gasteiger partial charge >= 0.3 is 0 Å². The first-order chi connectivity index (χ1) is 5.68. The SMILES string of the molecule is Cc1cc(F)cc2c1SCC2=O. The molecule has 1 heterocycles. The number of benzene rings is 1. The van der Waals surface area contributed by atoms with Crippen LogP contribution in [0, 0.1) is 12.7 Å². The molecule has 0 saturated heterocycles. The molecule has 0 spiro atoms. The van der Waals surface area contributed by atoms with E-state index in [4.69, 9.17) is 0 Å². The molecule has 1 nitrogen and oxygen atoms in total. The maximum Gasteiger partial charge on any atom is 0.174 e. The summed E-state index contributed by atoms with van der Waals surface area (Å²) in [7, 11) is 0. The summed E-state index contributed by atoms with van der Waals surface area (Å²) in [4.78, 5) is 12.1. The van der Waals surface area contributed by atoms with Crippen molar-refractivity contribution >= 4 is 17.5 Å². The van der Waals surface area contributed by atoms with Crippen LogP contribution in [0.15, 0.2) is 17.0 Å². The second-order valence-corrected chi connectivity index (χ2v) is 3.80. The van der Waals surface area contributed by atoms with Crippen LogP contribution in [0.1, 0.15) is 15.9 Å². The molecule has 1 aliphatic rings. The molecule has 0 fully saturated rings. The summed E-state index contributed by atoms with van der Waals surface area (Å²) >= 11 is 1.50. The molecular formula is C9H7FOS. The summed E-state index contributed by atoms with van der Waals surface area (Å²) in [6.45, 7) is 1.83. The van der Waals surface area contributed by atoms with E-state index in [2.05, 4.69) is 0 Å². The first-order valence-electron chi connectivity index (χ1n) is 3.64. The van der Waals surface area contributed by atoms with E-state index in [1.165, 1.54) is 23.9 Å². The largest absolute Gasteiger partial charge is 0.293 e. The van der Waals surface area contributed by atoms with Crippen molar-refractivity contribution in [3.8, 4) is 0 Å². The number of Topliss-reactive ketones (excluding diaryl/α,β-unsaturated/α-hetero) is 1. The van der Waals surface area contributed by atoms with Gasteiger partial charge in [-0.15, -0.1) is 11.8 Å². The summed E-state index contributed by atoms with van der Waals surface area (Å²) < 4.78 is 12.8. The van der Waals surface area contributed by atoms with Crippen LogP contribution in [-0.2, 0) is 0 Å². The predicted octanol–water partition coefficient (Wildman–Crippen LogP) is 2.42. The lowest BCUT2D eigenvalue weighted by Gasteiger charge is -2.00. The molecule has 62 valence electrons. The van der Waals surface area contributed by atoms with Crippen molar-refractivity contribution in [1.29, 1.82) is 0 Å². The van der Waals surface area contributed by atoms with Crippen LogP contribution in [0.2, 0.25) is 0 Å². The molecule has 0 N–H and O–H groups in total. The topological polar surface area (TPSA) is 17.1 Å². The lowest BCUT2D eigenvalue weighted by atomic mass is 10.1. The van der Waals surface area contributed by atoms with Crippen LogP contribution >= 0.6 is 11.8 Å². The summed E-state index contributed by atoms with van der Waals surface area (Å²) in [5, 5.41) is 0. The number of rotatable bonds is 0. The Hall–Kier alpha value is -0.830. The number of fused-ring (bicyclic) bond motifs is 1. The highest BCUT2D eigenvalue weighted by Gasteiger charge is 2.22. The van der Waals surface area contributed by atoms with Gasteiger partial charge in [-0.3, -0.25) is 4.79 Å². The fourth-order valence-electron chi connectivity index (χ4n) is 1.34. The Bertz CT molecular complexity index is 360. The van der Waals surface area contributed by atoms with Gasteiger partial charge in [-0.2, -0.15) is 0 Å². The maximum absolute atomic E-state index is 12.8. The second-order valence-electron chi connectivity index (χ2n) is 2.81. The smallest absolute Gasteiger partial charge is 0.174 e. The number of hydrogen-bond donors (Lipinski definition) is 0. The van der Waals surface area contributed by atoms with Crippen LogP contribution < -0.4 is 0 Å². The normalized spacial score (nSPS) is 15.0. The van der Waals surface area contributed by atoms with E-state index >= 15 is 0 Å². The maximum atomic E-state index is 12.8. The molecule has 0 aliphatic carbocycles. The first kappa shape index (κ1) is 7.80. The minimum absolute atomic E-state index is 0.0394. The Morgan fingerprint density at radius 1 is 1.50 bits per heavy atom. The molecule has 0 radical (unpaired) electrons. The van der Waals surface area contributed by atoms with E-state index in [9.17, 15) is 9.18 Å². The van der Waals surface area contributed by atoms with Gasteiger partial charge in [-0.05, 0) is 24.6 Å². The zero-order chi connectivity index (χ0) is 8.72. The number of halogens is 1. The van der Waals surface area contributed by atoms with Crippen molar-refractivity contribution in [1.82, 2.24) is 0 Å². The zero-order valence-electron chi connectivity index (χ0n) is 6.56. The standard InChI is InChI=1S/C9H7FOS/c1-5-2-6(10)3-7-8(11)4-12-9(5)7/h2-3H,4H2,1H3. The van der Waals surface area contributed by atoms with E-state index in [1.807, 2.05) is 6.92 Å². The van der Waals surface area contributed by atoms with Crippen LogP contribution in [0.3, 0.4) is 0 Å². The summed E-state index contributed by atoms with van der Waals surface area (Å²) in [5.41, 5.74) is 1.42. The Morgan fingerprint density at radius 2 is 2.25 bits per heavy atom. The lowest BCUT2D eigenvalue weighted by Crippen LogP contribution is -1.96. The van der Waals surface area contributed by atoms with Gasteiger partial charge in [-0.25, -0.2) is 4.39 Å². The molecule has 3 heteroatoms. The minimum Gasteiger partial charge on any atom is -0.293 e. The van der Waals surface area contributed by atoms with Crippen molar-refractivity contribution < 1.29 is 9.18 Å². The lowest BCUT2D eigenvalue weighted by molar-refractivity contribution is 0.102. The van der Waals surface area contributed by atoms with E-state index in [0.717, 1.165) is 10.5 Å². The number of hydrogen-bond acceptors (Lipinski definition) is 2. The predicted molar refractivity (Wildman–Crippen MR) is 46.2 cm³/mol. The summed E-state index contributed by atoms with van der Waals surface area (Å²) in [6, 6.07) is 2.79. The Balaban J connectivity index is 2.68. The minimum atomic E-state index is -0.317. The molecular weight excluding hydrogens is 175 g/mol. The number of carbonyl (C=O) groups excluding carboxylic acids is 1. The molecule has 1 aromatic carbocycles. The highest BCUT2D eigenvalue weighted by atomic mass is 32.2. The quantitative estimate of drug-likeness (QED) is 0.613. The third-order valence-electron chi connectivity index (χ3n) is 1.89. The first-order valence-corrected chi connectivity index (χ1v) is 4.63. The van der Waals surface area contributed by atoms with Gasteiger partial charge in [0.05, 0.1) is 5.75 Å². The highest BCUT2D eigenvalue weighted by Crippen LogP contribution is 2.34. The van der Waals surface area contributed by atoms with Crippen LogP contribution in [0.4, 0.5) is 4.39 Å². The molecule has 0 amide bonds. The van der Waals surface area contributed by atoms with Crippen LogP contribution in [0.5, 0.6) is 0 Å². The third-order valence-corrected chi connectivity index (χ3v) is 3.12. The zero-order valence-corrected chi connectivity index (χ0v) is 7.37. The third kappa shape index (κ3) is 1.05. The van der Waals surface area contributed by atoms with Gasteiger partial charge in [0, 0.05) is 10.5 Å². The van der Waals surface area contributed by atoms with Gasteiger partial charge in [0.15, 0.2) is 5.78 Å². The average Bonchev–Trinajstić information content (AvgIpc) is 2.33. The van der Waals surface area contributed by atoms with E-state index < -0.39 is 0 Å². The van der Waals surface area contributed by atoms with Gasteiger partial charge in [0.1, 0.15) is 5.82 Å². The van der Waals surface area contributed by atoms with Gasteiger partial charge < -0.3 is 0 Å². The van der Waals surface area contributed by atoms with Gasteiger partial charge in [-0.1, -0.05) is 0 Å². The summed E-state index contributed by atoms with van der Waals surface area (Å²) in [6.07, 6.45) is 0. The average molecular weight is 182 g/mol. The van der Waals surface area contributed by atoms with Crippen molar-refractivity contribution in [3.05, 3.63) is 29.1 Å². The molecule has 2 rings (SSSR count). The monoisotopic (exact) mass is 182 g/mol. The molecule has 1 aliphatic heterocycles. The second kappa shape index (κ2) is 2.59. The van der Waals surface area contributed by atoms with Crippen molar-refractivity contribution in [2.45, 2.75) is 11.8 Å². The number of ketones is 1. The fraction of sp³-hybridized carbons (Fsp3) is 0.222. The number of carbonyl (C=O) groups is 1. The molecule has 0 bridgehead atoms. The Morgan fingerprint density at radius 3 is 3.00 bits per heavy atom. The van der Waals surface area contributed by atoms with Gasteiger partial charge in [0.2, 0.25) is 0 Å². The van der Waals surface area contributed by atoms with Crippen molar-refractivity contribution in [3.63, 3.8) is 0 Å². The van der Waals surface area contributed by atoms with Crippen LogP contribution in [-0.4, -0.2) is 11.5 Å². The Kier molecular flexibility index (Phi) is 1.68. The molecule has 0 saturated carbocycles. The van der Waals surface area contributed by atoms with Crippen molar-refractivity contribution in [2.75, 3.05) is 5.75 Å². The highest BCUT2D eigenvalue weighted by molar-refractivity contribution is 8.00. The van der Waals surface area contributed by atoms with Gasteiger partial charge in [0.25, 0.3) is 0 Å². The van der Waals surface area contributed by atoms with Crippen molar-refractivity contribution in [2.24, 2.45) is 0 Å². The molecule has 0 atom stereocenters. The van der Waals surface area contributed by atoms with E-state index in [0.29, 0.717) is 11.3 Å². The molecule has 1 aromatic rings. The number of thioether (sulfide) groups is 1. The van der Waals surface area contributed by atoms with Crippen LogP contribution in [0.25, 0.3) is 0 Å². The molecule has 0 unspecified atom stereocenters. The fourth-order valence-corrected chi connectivity index (χ4v) is 2.39. The molecule has 12 heavy (non-hydrogen) atoms. The summed E-state index contributed by atoms with van der Waals surface area (Å²) in [5.74, 6) is 0.180. The Labute approximate surface area is 74.0 Å². The van der Waals surface area contributed by atoms with E-state index in [1.54, 1.807) is 0 Å². The van der Waals surface area contributed by atoms with E-state index in [-0.39, 0.29) is 11.6 Å². The number of aryl methyl sites for hydroxylation is 1. The molecule has 0 aromatic heterocycles.